The molecule has 2 heterocycles. The standard InChI is InChI=1S/C23H23N3O2/c27-16-17-7-9-18(10-8-17)19-11-14-26(15-12-19)13-3-6-22-24-21-5-2-1-4-20(21)23(28)25-22/h1-2,4-5,7-11,16H,3,6,12-15H2,(H,24,25,28). The van der Waals surface area contributed by atoms with Crippen LogP contribution in [0.2, 0.25) is 0 Å². The van der Waals surface area contributed by atoms with E-state index in [-0.39, 0.29) is 5.56 Å². The fraction of sp³-hybridized carbons (Fsp3) is 0.261. The molecular formula is C23H23N3O2. The normalized spacial score (nSPS) is 14.8. The van der Waals surface area contributed by atoms with Crippen molar-refractivity contribution < 1.29 is 4.79 Å². The molecule has 3 aromatic rings. The number of fused-ring (bicyclic) bond motifs is 1. The molecule has 0 radical (unpaired) electrons. The van der Waals surface area contributed by atoms with E-state index in [2.05, 4.69) is 20.9 Å². The molecule has 0 unspecified atom stereocenters. The lowest BCUT2D eigenvalue weighted by Gasteiger charge is -2.26. The van der Waals surface area contributed by atoms with E-state index in [0.717, 1.165) is 56.5 Å². The summed E-state index contributed by atoms with van der Waals surface area (Å²) in [4.78, 5) is 32.8. The molecule has 142 valence electrons. The Hall–Kier alpha value is -3.05. The minimum Gasteiger partial charge on any atom is -0.310 e. The second-order valence-corrected chi connectivity index (χ2v) is 7.15. The predicted octanol–water partition coefficient (Wildman–Crippen LogP) is 3.46. The van der Waals surface area contributed by atoms with E-state index in [0.29, 0.717) is 10.9 Å². The van der Waals surface area contributed by atoms with E-state index in [9.17, 15) is 9.59 Å². The number of carbonyl (C=O) groups excluding carboxylic acids is 1. The Morgan fingerprint density at radius 2 is 1.93 bits per heavy atom. The van der Waals surface area contributed by atoms with Gasteiger partial charge in [0.15, 0.2) is 0 Å². The van der Waals surface area contributed by atoms with Crippen molar-refractivity contribution in [2.24, 2.45) is 0 Å². The maximum atomic E-state index is 12.1. The third-order valence-corrected chi connectivity index (χ3v) is 5.26. The van der Waals surface area contributed by atoms with Crippen LogP contribution in [-0.2, 0) is 6.42 Å². The summed E-state index contributed by atoms with van der Waals surface area (Å²) in [5.41, 5.74) is 3.94. The first kappa shape index (κ1) is 18.3. The Kier molecular flexibility index (Phi) is 5.44. The van der Waals surface area contributed by atoms with Gasteiger partial charge in [0.1, 0.15) is 12.1 Å². The highest BCUT2D eigenvalue weighted by Crippen LogP contribution is 2.22. The van der Waals surface area contributed by atoms with E-state index in [1.54, 1.807) is 6.07 Å². The Labute approximate surface area is 163 Å². The van der Waals surface area contributed by atoms with Crippen molar-refractivity contribution in [2.75, 3.05) is 19.6 Å². The largest absolute Gasteiger partial charge is 0.310 e. The first-order valence-corrected chi connectivity index (χ1v) is 9.68. The topological polar surface area (TPSA) is 66.1 Å². The number of aldehydes is 1. The first-order chi connectivity index (χ1) is 13.7. The monoisotopic (exact) mass is 373 g/mol. The lowest BCUT2D eigenvalue weighted by atomic mass is 9.98. The van der Waals surface area contributed by atoms with Crippen LogP contribution in [0.3, 0.4) is 0 Å². The van der Waals surface area contributed by atoms with E-state index in [1.165, 1.54) is 11.1 Å². The average molecular weight is 373 g/mol. The molecule has 0 spiro atoms. The summed E-state index contributed by atoms with van der Waals surface area (Å²) in [5.74, 6) is 0.757. The lowest BCUT2D eigenvalue weighted by Crippen LogP contribution is -2.30. The minimum atomic E-state index is -0.0632. The summed E-state index contributed by atoms with van der Waals surface area (Å²) in [6.07, 6.45) is 5.87. The Morgan fingerprint density at radius 1 is 1.11 bits per heavy atom. The average Bonchev–Trinajstić information content (AvgIpc) is 2.74. The second kappa shape index (κ2) is 8.31. The molecular weight excluding hydrogens is 350 g/mol. The van der Waals surface area contributed by atoms with E-state index in [4.69, 9.17) is 0 Å². The highest BCUT2D eigenvalue weighted by molar-refractivity contribution is 5.77. The van der Waals surface area contributed by atoms with Gasteiger partial charge in [-0.2, -0.15) is 0 Å². The molecule has 28 heavy (non-hydrogen) atoms. The SMILES string of the molecule is O=Cc1ccc(C2=CCN(CCCc3nc4ccccc4c(=O)[nH]3)CC2)cc1. The van der Waals surface area contributed by atoms with Crippen LogP contribution in [0.5, 0.6) is 0 Å². The number of benzene rings is 2. The van der Waals surface area contributed by atoms with Crippen molar-refractivity contribution in [3.8, 4) is 0 Å². The van der Waals surface area contributed by atoms with Crippen LogP contribution >= 0.6 is 0 Å². The zero-order valence-electron chi connectivity index (χ0n) is 15.7. The van der Waals surface area contributed by atoms with Crippen molar-refractivity contribution in [2.45, 2.75) is 19.3 Å². The van der Waals surface area contributed by atoms with Gasteiger partial charge in [0.2, 0.25) is 0 Å². The molecule has 0 aliphatic carbocycles. The molecule has 1 aliphatic rings. The van der Waals surface area contributed by atoms with E-state index < -0.39 is 0 Å². The van der Waals surface area contributed by atoms with Crippen LogP contribution in [0.1, 0.15) is 34.6 Å². The van der Waals surface area contributed by atoms with Gasteiger partial charge in [0.05, 0.1) is 10.9 Å². The number of hydrogen-bond acceptors (Lipinski definition) is 4. The van der Waals surface area contributed by atoms with Gasteiger partial charge >= 0.3 is 0 Å². The number of hydrogen-bond donors (Lipinski definition) is 1. The van der Waals surface area contributed by atoms with Crippen molar-refractivity contribution in [1.82, 2.24) is 14.9 Å². The lowest BCUT2D eigenvalue weighted by molar-refractivity contribution is 0.112. The summed E-state index contributed by atoms with van der Waals surface area (Å²) < 4.78 is 0. The number of rotatable bonds is 6. The minimum absolute atomic E-state index is 0.0632. The van der Waals surface area contributed by atoms with Gasteiger partial charge in [0.25, 0.3) is 5.56 Å². The number of H-pyrrole nitrogens is 1. The van der Waals surface area contributed by atoms with Gasteiger partial charge in [0, 0.05) is 25.1 Å². The van der Waals surface area contributed by atoms with Crippen LogP contribution in [-0.4, -0.2) is 40.8 Å². The molecule has 2 aromatic carbocycles. The number of aryl methyl sites for hydroxylation is 1. The van der Waals surface area contributed by atoms with Crippen LogP contribution < -0.4 is 5.56 Å². The molecule has 0 bridgehead atoms. The molecule has 0 amide bonds. The first-order valence-electron chi connectivity index (χ1n) is 9.68. The van der Waals surface area contributed by atoms with Gasteiger partial charge < -0.3 is 4.98 Å². The number of carbonyl (C=O) groups is 1. The molecule has 0 saturated carbocycles. The van der Waals surface area contributed by atoms with Crippen molar-refractivity contribution in [3.05, 3.63) is 81.9 Å². The van der Waals surface area contributed by atoms with Crippen molar-refractivity contribution in [1.29, 1.82) is 0 Å². The van der Waals surface area contributed by atoms with Gasteiger partial charge in [-0.05, 0) is 42.7 Å². The quantitative estimate of drug-likeness (QED) is 0.672. The summed E-state index contributed by atoms with van der Waals surface area (Å²) >= 11 is 0. The summed E-state index contributed by atoms with van der Waals surface area (Å²) in [7, 11) is 0. The Bertz CT molecular complexity index is 1070. The summed E-state index contributed by atoms with van der Waals surface area (Å²) in [6, 6.07) is 15.2. The molecule has 4 rings (SSSR count). The Morgan fingerprint density at radius 3 is 2.68 bits per heavy atom. The summed E-state index contributed by atoms with van der Waals surface area (Å²) in [6.45, 7) is 2.92. The fourth-order valence-corrected chi connectivity index (χ4v) is 3.68. The molecule has 5 heteroatoms. The molecule has 1 aromatic heterocycles. The number of aromatic amines is 1. The fourth-order valence-electron chi connectivity index (χ4n) is 3.68. The van der Waals surface area contributed by atoms with Gasteiger partial charge in [-0.3, -0.25) is 14.5 Å². The van der Waals surface area contributed by atoms with E-state index >= 15 is 0 Å². The maximum Gasteiger partial charge on any atom is 0.258 e. The summed E-state index contributed by atoms with van der Waals surface area (Å²) in [5, 5.41) is 0.640. The van der Waals surface area contributed by atoms with E-state index in [1.807, 2.05) is 42.5 Å². The van der Waals surface area contributed by atoms with Gasteiger partial charge in [-0.15, -0.1) is 0 Å². The van der Waals surface area contributed by atoms with Crippen LogP contribution in [0, 0.1) is 0 Å². The van der Waals surface area contributed by atoms with Gasteiger partial charge in [-0.1, -0.05) is 42.5 Å². The number of nitrogens with zero attached hydrogens (tertiary/aromatic N) is 2. The number of aromatic nitrogens is 2. The Balaban J connectivity index is 1.32. The molecule has 0 atom stereocenters. The van der Waals surface area contributed by atoms with Crippen LogP contribution in [0.4, 0.5) is 0 Å². The van der Waals surface area contributed by atoms with Crippen molar-refractivity contribution in [3.63, 3.8) is 0 Å². The predicted molar refractivity (Wildman–Crippen MR) is 112 cm³/mol. The zero-order valence-corrected chi connectivity index (χ0v) is 15.7. The maximum absolute atomic E-state index is 12.1. The zero-order chi connectivity index (χ0) is 19.3. The number of para-hydroxylation sites is 1. The smallest absolute Gasteiger partial charge is 0.258 e. The molecule has 5 nitrogen and oxygen atoms in total. The van der Waals surface area contributed by atoms with Gasteiger partial charge in [-0.25, -0.2) is 4.98 Å². The van der Waals surface area contributed by atoms with Crippen molar-refractivity contribution >= 4 is 22.8 Å². The third-order valence-electron chi connectivity index (χ3n) is 5.26. The number of nitrogens with one attached hydrogen (secondary N) is 1. The highest BCUT2D eigenvalue weighted by Gasteiger charge is 2.13. The second-order valence-electron chi connectivity index (χ2n) is 7.15. The molecule has 0 saturated heterocycles. The highest BCUT2D eigenvalue weighted by atomic mass is 16.1. The third kappa shape index (κ3) is 4.10. The molecule has 1 N–H and O–H groups in total. The molecule has 0 fully saturated rings. The van der Waals surface area contributed by atoms with Crippen LogP contribution in [0.15, 0.2) is 59.4 Å². The molecule has 1 aliphatic heterocycles. The van der Waals surface area contributed by atoms with Crippen LogP contribution in [0.25, 0.3) is 16.5 Å².